The molecular weight excluding hydrogens is 242 g/mol. The summed E-state index contributed by atoms with van der Waals surface area (Å²) in [7, 11) is 0. The van der Waals surface area contributed by atoms with Crippen LogP contribution in [-0.4, -0.2) is 5.78 Å². The molecule has 0 amide bonds. The summed E-state index contributed by atoms with van der Waals surface area (Å²) in [6.07, 6.45) is 0. The molecule has 0 unspecified atom stereocenters. The molecule has 1 aromatic carbocycles. The smallest absolute Gasteiger partial charge is 0.212 e. The lowest BCUT2D eigenvalue weighted by Crippen LogP contribution is -2.15. The van der Waals surface area contributed by atoms with Gasteiger partial charge in [-0.05, 0) is 32.4 Å². The van der Waals surface area contributed by atoms with E-state index in [1.165, 1.54) is 13.0 Å². The molecule has 0 saturated carbocycles. The minimum absolute atomic E-state index is 0.0499. The Morgan fingerprint density at radius 3 is 2.53 bits per heavy atom. The van der Waals surface area contributed by atoms with Crippen molar-refractivity contribution < 1.29 is 9.21 Å². The van der Waals surface area contributed by atoms with Gasteiger partial charge in [0.25, 0.3) is 0 Å². The number of hydrogen-bond acceptors (Lipinski definition) is 4. The Kier molecular flexibility index (Phi) is 3.51. The molecule has 0 aliphatic heterocycles. The lowest BCUT2D eigenvalue weighted by Gasteiger charge is -2.11. The standard InChI is InChI=1S/C15H15NO3/c1-9-6-4-5-7-12(9)16-15-14(11(3)17)13(18)8-10(2)19-15/h4-8,16H,1-3H3. The summed E-state index contributed by atoms with van der Waals surface area (Å²) in [6, 6.07) is 8.90. The van der Waals surface area contributed by atoms with E-state index in [0.717, 1.165) is 11.3 Å². The highest BCUT2D eigenvalue weighted by atomic mass is 16.4. The van der Waals surface area contributed by atoms with Gasteiger partial charge < -0.3 is 9.73 Å². The number of ketones is 1. The second-order valence-electron chi connectivity index (χ2n) is 4.42. The number of benzene rings is 1. The molecule has 1 heterocycles. The van der Waals surface area contributed by atoms with Crippen molar-refractivity contribution in [2.75, 3.05) is 5.32 Å². The molecular formula is C15H15NO3. The minimum Gasteiger partial charge on any atom is -0.445 e. The molecule has 4 nitrogen and oxygen atoms in total. The Morgan fingerprint density at radius 1 is 1.21 bits per heavy atom. The number of para-hydroxylation sites is 1. The summed E-state index contributed by atoms with van der Waals surface area (Å²) in [5.74, 6) is 0.350. The fraction of sp³-hybridized carbons (Fsp3) is 0.200. The molecule has 0 saturated heterocycles. The lowest BCUT2D eigenvalue weighted by atomic mass is 10.1. The number of anilines is 2. The maximum absolute atomic E-state index is 11.9. The monoisotopic (exact) mass is 257 g/mol. The molecule has 2 aromatic rings. The van der Waals surface area contributed by atoms with Gasteiger partial charge in [0.2, 0.25) is 5.88 Å². The largest absolute Gasteiger partial charge is 0.445 e. The van der Waals surface area contributed by atoms with E-state index in [-0.39, 0.29) is 22.7 Å². The average molecular weight is 257 g/mol. The average Bonchev–Trinajstić information content (AvgIpc) is 2.30. The zero-order chi connectivity index (χ0) is 14.0. The molecule has 1 aromatic heterocycles. The van der Waals surface area contributed by atoms with Gasteiger partial charge in [-0.3, -0.25) is 9.59 Å². The molecule has 19 heavy (non-hydrogen) atoms. The van der Waals surface area contributed by atoms with Gasteiger partial charge in [0.1, 0.15) is 11.3 Å². The summed E-state index contributed by atoms with van der Waals surface area (Å²) >= 11 is 0. The molecule has 4 heteroatoms. The van der Waals surface area contributed by atoms with Crippen LogP contribution in [0.15, 0.2) is 39.5 Å². The van der Waals surface area contributed by atoms with Gasteiger partial charge in [0.05, 0.1) is 0 Å². The molecule has 0 aliphatic rings. The van der Waals surface area contributed by atoms with Gasteiger partial charge in [-0.25, -0.2) is 0 Å². The van der Waals surface area contributed by atoms with Gasteiger partial charge in [-0.15, -0.1) is 0 Å². The van der Waals surface area contributed by atoms with Crippen molar-refractivity contribution in [2.24, 2.45) is 0 Å². The number of hydrogen-bond donors (Lipinski definition) is 1. The summed E-state index contributed by atoms with van der Waals surface area (Å²) in [4.78, 5) is 23.4. The number of carbonyl (C=O) groups excluding carboxylic acids is 1. The second-order valence-corrected chi connectivity index (χ2v) is 4.42. The van der Waals surface area contributed by atoms with Crippen molar-refractivity contribution in [3.63, 3.8) is 0 Å². The van der Waals surface area contributed by atoms with E-state index in [0.29, 0.717) is 5.76 Å². The molecule has 2 rings (SSSR count). The molecule has 0 atom stereocenters. The zero-order valence-electron chi connectivity index (χ0n) is 11.1. The molecule has 0 bridgehead atoms. The van der Waals surface area contributed by atoms with Crippen molar-refractivity contribution in [1.82, 2.24) is 0 Å². The number of rotatable bonds is 3. The molecule has 98 valence electrons. The number of aryl methyl sites for hydroxylation is 2. The highest BCUT2D eigenvalue weighted by molar-refractivity contribution is 5.98. The van der Waals surface area contributed by atoms with Crippen LogP contribution >= 0.6 is 0 Å². The topological polar surface area (TPSA) is 59.3 Å². The first-order chi connectivity index (χ1) is 8.99. The summed E-state index contributed by atoms with van der Waals surface area (Å²) < 4.78 is 5.48. The molecule has 1 N–H and O–H groups in total. The third-order valence-corrected chi connectivity index (χ3v) is 2.82. The molecule has 0 spiro atoms. The Labute approximate surface area is 111 Å². The van der Waals surface area contributed by atoms with Crippen LogP contribution in [0.25, 0.3) is 0 Å². The van der Waals surface area contributed by atoms with Gasteiger partial charge in [-0.2, -0.15) is 0 Å². The molecule has 0 aliphatic carbocycles. The van der Waals surface area contributed by atoms with Crippen LogP contribution in [0, 0.1) is 13.8 Å². The van der Waals surface area contributed by atoms with Crippen molar-refractivity contribution in [3.8, 4) is 0 Å². The number of nitrogens with one attached hydrogen (secondary N) is 1. The van der Waals surface area contributed by atoms with Crippen LogP contribution < -0.4 is 10.7 Å². The van der Waals surface area contributed by atoms with Gasteiger partial charge >= 0.3 is 0 Å². The predicted molar refractivity (Wildman–Crippen MR) is 74.2 cm³/mol. The molecule has 0 fully saturated rings. The summed E-state index contributed by atoms with van der Waals surface area (Å²) in [6.45, 7) is 4.96. The van der Waals surface area contributed by atoms with E-state index in [2.05, 4.69) is 5.32 Å². The zero-order valence-corrected chi connectivity index (χ0v) is 11.1. The van der Waals surface area contributed by atoms with Gasteiger partial charge in [0.15, 0.2) is 11.2 Å². The number of carbonyl (C=O) groups is 1. The first-order valence-electron chi connectivity index (χ1n) is 5.97. The first-order valence-corrected chi connectivity index (χ1v) is 5.97. The van der Waals surface area contributed by atoms with E-state index < -0.39 is 0 Å². The Morgan fingerprint density at radius 2 is 1.89 bits per heavy atom. The number of Topliss-reactive ketones (excluding diaryl/α,β-unsaturated/α-hetero) is 1. The van der Waals surface area contributed by atoms with Crippen LogP contribution in [0.3, 0.4) is 0 Å². The van der Waals surface area contributed by atoms with E-state index in [1.54, 1.807) is 6.92 Å². The SMILES string of the molecule is CC(=O)c1c(Nc2ccccc2C)oc(C)cc1=O. The van der Waals surface area contributed by atoms with Gasteiger partial charge in [0, 0.05) is 11.8 Å². The lowest BCUT2D eigenvalue weighted by molar-refractivity contribution is 0.101. The normalized spacial score (nSPS) is 10.3. The van der Waals surface area contributed by atoms with Crippen LogP contribution in [0.1, 0.15) is 28.6 Å². The Balaban J connectivity index is 2.54. The second kappa shape index (κ2) is 5.10. The van der Waals surface area contributed by atoms with Crippen molar-refractivity contribution in [2.45, 2.75) is 20.8 Å². The third-order valence-electron chi connectivity index (χ3n) is 2.82. The maximum atomic E-state index is 11.9. The quantitative estimate of drug-likeness (QED) is 0.858. The van der Waals surface area contributed by atoms with E-state index >= 15 is 0 Å². The van der Waals surface area contributed by atoms with Crippen molar-refractivity contribution in [1.29, 1.82) is 0 Å². The first kappa shape index (κ1) is 13.1. The predicted octanol–water partition coefficient (Wildman–Crippen LogP) is 3.20. The van der Waals surface area contributed by atoms with Gasteiger partial charge in [-0.1, -0.05) is 18.2 Å². The minimum atomic E-state index is -0.327. The maximum Gasteiger partial charge on any atom is 0.212 e. The van der Waals surface area contributed by atoms with Crippen LogP contribution in [-0.2, 0) is 0 Å². The third kappa shape index (κ3) is 2.73. The van der Waals surface area contributed by atoms with Crippen LogP contribution in [0.5, 0.6) is 0 Å². The van der Waals surface area contributed by atoms with Crippen molar-refractivity contribution >= 4 is 17.4 Å². The van der Waals surface area contributed by atoms with Crippen LogP contribution in [0.2, 0.25) is 0 Å². The van der Waals surface area contributed by atoms with E-state index in [9.17, 15) is 9.59 Å². The highest BCUT2D eigenvalue weighted by Gasteiger charge is 2.16. The summed E-state index contributed by atoms with van der Waals surface area (Å²) in [5, 5.41) is 3.02. The highest BCUT2D eigenvalue weighted by Crippen LogP contribution is 2.22. The van der Waals surface area contributed by atoms with Crippen molar-refractivity contribution in [3.05, 3.63) is 57.4 Å². The van der Waals surface area contributed by atoms with E-state index in [1.807, 2.05) is 31.2 Å². The van der Waals surface area contributed by atoms with Crippen LogP contribution in [0.4, 0.5) is 11.6 Å². The Hall–Kier alpha value is -2.36. The fourth-order valence-electron chi connectivity index (χ4n) is 1.87. The van der Waals surface area contributed by atoms with E-state index in [4.69, 9.17) is 4.42 Å². The molecule has 0 radical (unpaired) electrons. The fourth-order valence-corrected chi connectivity index (χ4v) is 1.87. The Bertz CT molecular complexity index is 686. The summed E-state index contributed by atoms with van der Waals surface area (Å²) in [5.41, 5.74) is 1.53.